The third kappa shape index (κ3) is 4.19. The maximum Gasteiger partial charge on any atom is 0.176 e. The van der Waals surface area contributed by atoms with Gasteiger partial charge in [-0.3, -0.25) is 0 Å². The molecular formula is C20H16BrNO2. The zero-order valence-corrected chi connectivity index (χ0v) is 15.1. The second-order valence-electron chi connectivity index (χ2n) is 5.06. The second-order valence-corrected chi connectivity index (χ2v) is 5.92. The monoisotopic (exact) mass is 381 g/mol. The van der Waals surface area contributed by atoms with E-state index in [-0.39, 0.29) is 6.61 Å². The van der Waals surface area contributed by atoms with Crippen LogP contribution in [-0.4, -0.2) is 13.7 Å². The van der Waals surface area contributed by atoms with E-state index in [0.717, 1.165) is 16.7 Å². The molecular weight excluding hydrogens is 366 g/mol. The Morgan fingerprint density at radius 1 is 1.29 bits per heavy atom. The predicted octanol–water partition coefficient (Wildman–Crippen LogP) is 4.84. The summed E-state index contributed by atoms with van der Waals surface area (Å²) in [5.74, 6) is 3.51. The van der Waals surface area contributed by atoms with Gasteiger partial charge in [-0.2, -0.15) is 5.26 Å². The Balaban J connectivity index is 2.44. The van der Waals surface area contributed by atoms with Gasteiger partial charge in [0.25, 0.3) is 0 Å². The Hall–Kier alpha value is -2.69. The van der Waals surface area contributed by atoms with Gasteiger partial charge in [-0.15, -0.1) is 6.42 Å². The number of hydrogen-bond acceptors (Lipinski definition) is 3. The molecule has 3 nitrogen and oxygen atoms in total. The summed E-state index contributed by atoms with van der Waals surface area (Å²) in [5.41, 5.74) is 3.41. The van der Waals surface area contributed by atoms with Gasteiger partial charge in [0.05, 0.1) is 23.2 Å². The number of benzene rings is 2. The lowest BCUT2D eigenvalue weighted by Crippen LogP contribution is -1.98. The molecule has 2 aromatic rings. The molecule has 120 valence electrons. The van der Waals surface area contributed by atoms with Gasteiger partial charge in [0.2, 0.25) is 0 Å². The summed E-state index contributed by atoms with van der Waals surface area (Å²) in [5, 5.41) is 9.47. The van der Waals surface area contributed by atoms with Crippen LogP contribution >= 0.6 is 15.9 Å². The van der Waals surface area contributed by atoms with Gasteiger partial charge in [0.15, 0.2) is 11.5 Å². The minimum absolute atomic E-state index is 0.150. The van der Waals surface area contributed by atoms with Crippen LogP contribution in [0.25, 0.3) is 11.6 Å². The van der Waals surface area contributed by atoms with Crippen LogP contribution in [0.5, 0.6) is 11.5 Å². The zero-order valence-electron chi connectivity index (χ0n) is 13.5. The van der Waals surface area contributed by atoms with Crippen molar-refractivity contribution in [3.8, 4) is 29.9 Å². The maximum atomic E-state index is 9.47. The summed E-state index contributed by atoms with van der Waals surface area (Å²) in [7, 11) is 1.56. The number of methoxy groups -OCH3 is 1. The van der Waals surface area contributed by atoms with Gasteiger partial charge in [0.1, 0.15) is 6.61 Å². The van der Waals surface area contributed by atoms with Crippen molar-refractivity contribution in [3.63, 3.8) is 0 Å². The van der Waals surface area contributed by atoms with E-state index in [9.17, 15) is 5.26 Å². The van der Waals surface area contributed by atoms with Gasteiger partial charge in [0, 0.05) is 0 Å². The molecule has 0 spiro atoms. The molecule has 0 aliphatic carbocycles. The van der Waals surface area contributed by atoms with Gasteiger partial charge in [-0.25, -0.2) is 0 Å². The highest BCUT2D eigenvalue weighted by Crippen LogP contribution is 2.37. The fraction of sp³-hybridized carbons (Fsp3) is 0.150. The molecule has 0 fully saturated rings. The molecule has 2 aromatic carbocycles. The Morgan fingerprint density at radius 3 is 2.58 bits per heavy atom. The highest BCUT2D eigenvalue weighted by Gasteiger charge is 2.11. The number of nitriles is 1. The largest absolute Gasteiger partial charge is 0.493 e. The van der Waals surface area contributed by atoms with Crippen molar-refractivity contribution in [1.29, 1.82) is 5.26 Å². The van der Waals surface area contributed by atoms with Crippen LogP contribution in [-0.2, 0) is 0 Å². The maximum absolute atomic E-state index is 9.47. The summed E-state index contributed by atoms with van der Waals surface area (Å²) in [4.78, 5) is 0. The number of nitrogens with zero attached hydrogens (tertiary/aromatic N) is 1. The van der Waals surface area contributed by atoms with E-state index in [1.807, 2.05) is 49.4 Å². The summed E-state index contributed by atoms with van der Waals surface area (Å²) in [6.07, 6.45) is 7.04. The van der Waals surface area contributed by atoms with Crippen LogP contribution in [0.3, 0.4) is 0 Å². The molecule has 0 atom stereocenters. The third-order valence-corrected chi connectivity index (χ3v) is 3.93. The molecule has 0 bridgehead atoms. The lowest BCUT2D eigenvalue weighted by molar-refractivity contribution is 0.329. The van der Waals surface area contributed by atoms with E-state index in [0.29, 0.717) is 21.5 Å². The number of ether oxygens (including phenoxy) is 2. The summed E-state index contributed by atoms with van der Waals surface area (Å²) >= 11 is 3.46. The van der Waals surface area contributed by atoms with Gasteiger partial charge >= 0.3 is 0 Å². The minimum Gasteiger partial charge on any atom is -0.493 e. The van der Waals surface area contributed by atoms with E-state index in [4.69, 9.17) is 15.9 Å². The molecule has 0 amide bonds. The SMILES string of the molecule is C#CCOc1c(Br)cc(/C=C(/C#N)c2ccc(C)cc2)cc1OC. The number of halogens is 1. The zero-order chi connectivity index (χ0) is 17.5. The standard InChI is InChI=1S/C20H16BrNO2/c1-4-9-24-20-18(21)11-15(12-19(20)23-3)10-17(13-22)16-7-5-14(2)6-8-16/h1,5-8,10-12H,9H2,2-3H3/b17-10-. The molecule has 0 aromatic heterocycles. The quantitative estimate of drug-likeness (QED) is 0.422. The van der Waals surface area contributed by atoms with Crippen molar-refractivity contribution >= 4 is 27.6 Å². The Morgan fingerprint density at radius 2 is 2.00 bits per heavy atom. The van der Waals surface area contributed by atoms with Crippen LogP contribution < -0.4 is 9.47 Å². The first kappa shape index (κ1) is 17.7. The van der Waals surface area contributed by atoms with Crippen LogP contribution in [0.4, 0.5) is 0 Å². The smallest absolute Gasteiger partial charge is 0.176 e. The average molecular weight is 382 g/mol. The first-order chi connectivity index (χ1) is 11.6. The Labute approximate surface area is 150 Å². The molecule has 0 saturated heterocycles. The molecule has 0 N–H and O–H groups in total. The van der Waals surface area contributed by atoms with Crippen molar-refractivity contribution in [1.82, 2.24) is 0 Å². The number of rotatable bonds is 5. The van der Waals surface area contributed by atoms with Crippen molar-refractivity contribution in [3.05, 3.63) is 57.6 Å². The molecule has 0 radical (unpaired) electrons. The number of hydrogen-bond donors (Lipinski definition) is 0. The molecule has 0 aliphatic rings. The molecule has 0 aliphatic heterocycles. The van der Waals surface area contributed by atoms with Gasteiger partial charge in [-0.05, 0) is 52.2 Å². The normalized spacial score (nSPS) is 10.6. The van der Waals surface area contributed by atoms with Crippen molar-refractivity contribution in [2.75, 3.05) is 13.7 Å². The first-order valence-corrected chi connectivity index (χ1v) is 8.01. The predicted molar refractivity (Wildman–Crippen MR) is 99.7 cm³/mol. The topological polar surface area (TPSA) is 42.2 Å². The number of terminal acetylenes is 1. The summed E-state index contributed by atoms with van der Waals surface area (Å²) < 4.78 is 11.6. The van der Waals surface area contributed by atoms with E-state index in [1.54, 1.807) is 7.11 Å². The van der Waals surface area contributed by atoms with Crippen molar-refractivity contribution in [2.45, 2.75) is 6.92 Å². The highest BCUT2D eigenvalue weighted by atomic mass is 79.9. The lowest BCUT2D eigenvalue weighted by Gasteiger charge is -2.12. The Kier molecular flexibility index (Phi) is 6.07. The fourth-order valence-electron chi connectivity index (χ4n) is 2.16. The number of aryl methyl sites for hydroxylation is 1. The van der Waals surface area contributed by atoms with Gasteiger partial charge < -0.3 is 9.47 Å². The van der Waals surface area contributed by atoms with Gasteiger partial charge in [-0.1, -0.05) is 35.7 Å². The van der Waals surface area contributed by atoms with E-state index in [1.165, 1.54) is 0 Å². The second kappa shape index (κ2) is 8.24. The van der Waals surface area contributed by atoms with Crippen LogP contribution in [0.15, 0.2) is 40.9 Å². The van der Waals surface area contributed by atoms with Crippen LogP contribution in [0.2, 0.25) is 0 Å². The third-order valence-electron chi connectivity index (χ3n) is 3.35. The van der Waals surface area contributed by atoms with Crippen molar-refractivity contribution < 1.29 is 9.47 Å². The average Bonchev–Trinajstić information content (AvgIpc) is 2.59. The molecule has 0 saturated carbocycles. The summed E-state index contributed by atoms with van der Waals surface area (Å²) in [6.45, 7) is 2.16. The molecule has 0 heterocycles. The van der Waals surface area contributed by atoms with Crippen LogP contribution in [0.1, 0.15) is 16.7 Å². The lowest BCUT2D eigenvalue weighted by atomic mass is 10.0. The van der Waals surface area contributed by atoms with Crippen LogP contribution in [0, 0.1) is 30.6 Å². The fourth-order valence-corrected chi connectivity index (χ4v) is 2.73. The Bertz CT molecular complexity index is 840. The highest BCUT2D eigenvalue weighted by molar-refractivity contribution is 9.10. The molecule has 24 heavy (non-hydrogen) atoms. The van der Waals surface area contributed by atoms with Crippen molar-refractivity contribution in [2.24, 2.45) is 0 Å². The molecule has 4 heteroatoms. The molecule has 2 rings (SSSR count). The van der Waals surface area contributed by atoms with E-state index >= 15 is 0 Å². The first-order valence-electron chi connectivity index (χ1n) is 7.21. The minimum atomic E-state index is 0.150. The summed E-state index contributed by atoms with van der Waals surface area (Å²) in [6, 6.07) is 13.7. The van der Waals surface area contributed by atoms with E-state index < -0.39 is 0 Å². The van der Waals surface area contributed by atoms with E-state index in [2.05, 4.69) is 27.9 Å². The number of allylic oxidation sites excluding steroid dienone is 1. The molecule has 0 unspecified atom stereocenters.